The van der Waals surface area contributed by atoms with Gasteiger partial charge in [0.2, 0.25) is 0 Å². The first-order chi connectivity index (χ1) is 13.7. The molecule has 1 heterocycles. The quantitative estimate of drug-likeness (QED) is 0.291. The summed E-state index contributed by atoms with van der Waals surface area (Å²) in [6.07, 6.45) is -0.234. The van der Waals surface area contributed by atoms with E-state index in [1.807, 2.05) is 6.92 Å². The first kappa shape index (κ1) is 28.2. The molecule has 0 unspecified atom stereocenters. The predicted molar refractivity (Wildman–Crippen MR) is 98.0 cm³/mol. The number of nitrogens with one attached hydrogen (secondary N) is 1. The molecule has 0 radical (unpaired) electrons. The van der Waals surface area contributed by atoms with Crippen LogP contribution in [0.5, 0.6) is 11.5 Å². The Kier molecular flexibility index (Phi) is 10.8. The summed E-state index contributed by atoms with van der Waals surface area (Å²) in [5.74, 6) is -7.16. The molecular formula is C20H18ClNNa2O7. The van der Waals surface area contributed by atoms with Crippen molar-refractivity contribution in [3.63, 3.8) is 0 Å². The third-order valence-electron chi connectivity index (χ3n) is 4.49. The van der Waals surface area contributed by atoms with Crippen molar-refractivity contribution in [2.45, 2.75) is 31.3 Å². The molecular weight excluding hydrogens is 448 g/mol. The summed E-state index contributed by atoms with van der Waals surface area (Å²) in [5, 5.41) is 36.3. The van der Waals surface area contributed by atoms with Gasteiger partial charge in [-0.25, -0.2) is 0 Å². The van der Waals surface area contributed by atoms with E-state index in [-0.39, 0.29) is 76.7 Å². The fourth-order valence-corrected chi connectivity index (χ4v) is 3.19. The second kappa shape index (κ2) is 11.9. The number of rotatable bonds is 8. The molecule has 31 heavy (non-hydrogen) atoms. The van der Waals surface area contributed by atoms with Gasteiger partial charge in [-0.15, -0.1) is 0 Å². The van der Waals surface area contributed by atoms with E-state index in [0.29, 0.717) is 23.6 Å². The minimum absolute atomic E-state index is 0. The molecule has 0 aromatic heterocycles. The average molecular weight is 466 g/mol. The van der Waals surface area contributed by atoms with Crippen molar-refractivity contribution in [2.75, 3.05) is 6.54 Å². The Balaban J connectivity index is 0.00000240. The van der Waals surface area contributed by atoms with Crippen LogP contribution in [0.15, 0.2) is 42.5 Å². The Morgan fingerprint density at radius 3 is 2.35 bits per heavy atom. The molecule has 8 nitrogen and oxygen atoms in total. The predicted octanol–water partition coefficient (Wildman–Crippen LogP) is -6.43. The maximum Gasteiger partial charge on any atom is 1.00 e. The van der Waals surface area contributed by atoms with E-state index in [4.69, 9.17) is 21.1 Å². The Morgan fingerprint density at radius 2 is 1.74 bits per heavy atom. The summed E-state index contributed by atoms with van der Waals surface area (Å²) in [6, 6.07) is 11.5. The number of carboxylic acids is 2. The molecule has 11 heteroatoms. The standard InChI is InChI=1S/C20H20ClNO7.2Na/c1-11(22-10-15(23)13-3-2-4-14(21)9-13)7-12-5-6-16-17(8-12)29-20(28-16,18(24)25)19(26)27;;/h2-6,8-9,11,15,22-23H,7,10H2,1H3,(H,24,25)(H,26,27);;/q;2*+1/p-2/t11-,15-;;/m0../s1. The smallest absolute Gasteiger partial charge is 0.542 e. The van der Waals surface area contributed by atoms with Crippen molar-refractivity contribution < 1.29 is 93.5 Å². The van der Waals surface area contributed by atoms with E-state index in [0.717, 1.165) is 5.56 Å². The zero-order valence-corrected chi connectivity index (χ0v) is 22.1. The third-order valence-corrected chi connectivity index (χ3v) is 4.72. The van der Waals surface area contributed by atoms with Crippen molar-refractivity contribution >= 4 is 23.5 Å². The zero-order chi connectivity index (χ0) is 21.2. The summed E-state index contributed by atoms with van der Waals surface area (Å²) in [6.45, 7) is 2.20. The fourth-order valence-electron chi connectivity index (χ4n) is 2.99. The monoisotopic (exact) mass is 465 g/mol. The van der Waals surface area contributed by atoms with Crippen LogP contribution in [-0.2, 0) is 16.0 Å². The van der Waals surface area contributed by atoms with Gasteiger partial charge in [-0.05, 0) is 48.7 Å². The SMILES string of the molecule is C[C@@H](Cc1ccc2c(c1)OC(C(=O)[O-])(C(=O)[O-])O2)NC[C@H](O)c1cccc(Cl)c1.[Na+].[Na+]. The second-order valence-corrected chi connectivity index (χ2v) is 7.20. The number of fused-ring (bicyclic) bond motifs is 1. The molecule has 0 aliphatic carbocycles. The summed E-state index contributed by atoms with van der Waals surface area (Å²) in [4.78, 5) is 22.3. The Morgan fingerprint density at radius 1 is 1.10 bits per heavy atom. The van der Waals surface area contributed by atoms with Crippen LogP contribution in [0.3, 0.4) is 0 Å². The number of hydrogen-bond acceptors (Lipinski definition) is 8. The van der Waals surface area contributed by atoms with Crippen molar-refractivity contribution in [1.29, 1.82) is 0 Å². The molecule has 0 amide bonds. The maximum atomic E-state index is 11.2. The minimum atomic E-state index is -2.99. The van der Waals surface area contributed by atoms with Gasteiger partial charge in [-0.1, -0.05) is 29.8 Å². The molecule has 0 saturated carbocycles. The van der Waals surface area contributed by atoms with Crippen LogP contribution in [0.2, 0.25) is 5.02 Å². The minimum Gasteiger partial charge on any atom is -0.542 e. The van der Waals surface area contributed by atoms with Gasteiger partial charge in [0.25, 0.3) is 0 Å². The van der Waals surface area contributed by atoms with Gasteiger partial charge >= 0.3 is 64.9 Å². The molecule has 0 spiro atoms. The zero-order valence-electron chi connectivity index (χ0n) is 17.4. The van der Waals surface area contributed by atoms with Crippen LogP contribution in [0.1, 0.15) is 24.2 Å². The average Bonchev–Trinajstić information content (AvgIpc) is 3.06. The molecule has 3 rings (SSSR count). The molecule has 2 aromatic rings. The van der Waals surface area contributed by atoms with Gasteiger partial charge in [-0.3, -0.25) is 0 Å². The van der Waals surface area contributed by atoms with Crippen LogP contribution in [0, 0.1) is 0 Å². The number of carbonyl (C=O) groups is 2. The van der Waals surface area contributed by atoms with Crippen molar-refractivity contribution in [2.24, 2.45) is 0 Å². The number of aliphatic hydroxyl groups is 1. The summed E-state index contributed by atoms with van der Waals surface area (Å²) in [7, 11) is 0. The number of hydrogen-bond donors (Lipinski definition) is 2. The van der Waals surface area contributed by atoms with Gasteiger partial charge in [0, 0.05) is 17.6 Å². The van der Waals surface area contributed by atoms with E-state index >= 15 is 0 Å². The van der Waals surface area contributed by atoms with Crippen molar-refractivity contribution in [3.05, 3.63) is 58.6 Å². The summed E-state index contributed by atoms with van der Waals surface area (Å²) in [5.41, 5.74) is 1.44. The molecule has 1 aliphatic rings. The van der Waals surface area contributed by atoms with Crippen molar-refractivity contribution in [1.82, 2.24) is 5.32 Å². The van der Waals surface area contributed by atoms with Crippen LogP contribution >= 0.6 is 11.6 Å². The molecule has 2 N–H and O–H groups in total. The molecule has 2 aromatic carbocycles. The number of carboxylic acid groups (broad SMARTS) is 2. The third kappa shape index (κ3) is 6.60. The van der Waals surface area contributed by atoms with Crippen molar-refractivity contribution in [3.8, 4) is 11.5 Å². The number of aliphatic carboxylic acids is 2. The van der Waals surface area contributed by atoms with E-state index in [2.05, 4.69) is 5.32 Å². The first-order valence-electron chi connectivity index (χ1n) is 8.82. The number of benzene rings is 2. The van der Waals surface area contributed by atoms with Crippen LogP contribution in [-0.4, -0.2) is 35.4 Å². The maximum absolute atomic E-state index is 11.2. The Hall–Kier alpha value is -0.810. The first-order valence-corrected chi connectivity index (χ1v) is 9.20. The van der Waals surface area contributed by atoms with Gasteiger partial charge in [-0.2, -0.15) is 0 Å². The molecule has 0 bridgehead atoms. The molecule has 0 saturated heterocycles. The molecule has 1 aliphatic heterocycles. The van der Waals surface area contributed by atoms with E-state index in [1.54, 1.807) is 30.3 Å². The number of halogens is 1. The topological polar surface area (TPSA) is 131 Å². The molecule has 0 fully saturated rings. The number of carbonyl (C=O) groups excluding carboxylic acids is 2. The van der Waals surface area contributed by atoms with E-state index < -0.39 is 23.8 Å². The van der Waals surface area contributed by atoms with Crippen LogP contribution in [0.4, 0.5) is 0 Å². The van der Waals surface area contributed by atoms with Gasteiger partial charge in [0.1, 0.15) is 11.9 Å². The van der Waals surface area contributed by atoms with Gasteiger partial charge in [0.15, 0.2) is 11.5 Å². The van der Waals surface area contributed by atoms with E-state index in [1.165, 1.54) is 12.1 Å². The summed E-state index contributed by atoms with van der Waals surface area (Å²) >= 11 is 5.93. The molecule has 2 atom stereocenters. The Labute approximate surface area is 228 Å². The normalized spacial score (nSPS) is 15.2. The molecule has 154 valence electrons. The Bertz CT molecular complexity index is 929. The second-order valence-electron chi connectivity index (χ2n) is 6.76. The largest absolute Gasteiger partial charge is 1.00 e. The number of ether oxygens (including phenoxy) is 2. The van der Waals surface area contributed by atoms with E-state index in [9.17, 15) is 24.9 Å². The summed E-state index contributed by atoms with van der Waals surface area (Å²) < 4.78 is 9.90. The van der Waals surface area contributed by atoms with Crippen LogP contribution < -0.4 is 84.1 Å². The van der Waals surface area contributed by atoms with Gasteiger partial charge < -0.3 is 39.7 Å². The van der Waals surface area contributed by atoms with Crippen LogP contribution in [0.25, 0.3) is 0 Å². The number of aliphatic hydroxyl groups excluding tert-OH is 1. The van der Waals surface area contributed by atoms with Gasteiger partial charge in [0.05, 0.1) is 6.10 Å². The fraction of sp³-hybridized carbons (Fsp3) is 0.300.